The fourth-order valence-electron chi connectivity index (χ4n) is 1.52. The van der Waals surface area contributed by atoms with Gasteiger partial charge in [0.25, 0.3) is 0 Å². The lowest BCUT2D eigenvalue weighted by Gasteiger charge is -2.18. The number of hydrogen-bond acceptors (Lipinski definition) is 2. The van der Waals surface area contributed by atoms with Gasteiger partial charge in [-0.1, -0.05) is 19.1 Å². The highest BCUT2D eigenvalue weighted by molar-refractivity contribution is 5.84. The van der Waals surface area contributed by atoms with E-state index in [9.17, 15) is 0 Å². The zero-order valence-electron chi connectivity index (χ0n) is 8.33. The van der Waals surface area contributed by atoms with Gasteiger partial charge in [-0.15, -0.1) is 6.58 Å². The van der Waals surface area contributed by atoms with Gasteiger partial charge in [0, 0.05) is 6.21 Å². The van der Waals surface area contributed by atoms with Gasteiger partial charge >= 0.3 is 0 Å². The summed E-state index contributed by atoms with van der Waals surface area (Å²) in [7, 11) is 0. The number of aryl methyl sites for hydroxylation is 1. The van der Waals surface area contributed by atoms with Crippen molar-refractivity contribution in [1.29, 1.82) is 0 Å². The third-order valence-corrected chi connectivity index (χ3v) is 2.42. The van der Waals surface area contributed by atoms with Crippen LogP contribution in [-0.4, -0.2) is 12.3 Å². The Bertz CT molecular complexity index is 380. The first-order chi connectivity index (χ1) is 6.83. The Morgan fingerprint density at radius 2 is 2.43 bits per heavy atom. The van der Waals surface area contributed by atoms with Crippen molar-refractivity contribution in [3.8, 4) is 0 Å². The third kappa shape index (κ3) is 1.55. The zero-order chi connectivity index (χ0) is 9.97. The molecule has 72 valence electrons. The van der Waals surface area contributed by atoms with E-state index in [1.807, 2.05) is 12.3 Å². The molecule has 1 heterocycles. The van der Waals surface area contributed by atoms with E-state index in [0.717, 1.165) is 17.8 Å². The number of nitrogens with zero attached hydrogens (tertiary/aromatic N) is 1. The SMILES string of the molecule is C=CC1C=Nc2cc(CC)ccc2N1. The van der Waals surface area contributed by atoms with Crippen molar-refractivity contribution in [2.75, 3.05) is 5.32 Å². The molecule has 0 aromatic heterocycles. The van der Waals surface area contributed by atoms with E-state index in [4.69, 9.17) is 0 Å². The van der Waals surface area contributed by atoms with Crippen LogP contribution in [0.4, 0.5) is 11.4 Å². The van der Waals surface area contributed by atoms with Crippen LogP contribution < -0.4 is 5.32 Å². The van der Waals surface area contributed by atoms with Crippen molar-refractivity contribution < 1.29 is 0 Å². The number of anilines is 1. The Kier molecular flexibility index (Phi) is 2.35. The van der Waals surface area contributed by atoms with Crippen LogP contribution in [-0.2, 0) is 6.42 Å². The topological polar surface area (TPSA) is 24.4 Å². The van der Waals surface area contributed by atoms with Gasteiger partial charge in [0.15, 0.2) is 0 Å². The van der Waals surface area contributed by atoms with E-state index in [1.54, 1.807) is 0 Å². The predicted molar refractivity (Wildman–Crippen MR) is 61.6 cm³/mol. The Morgan fingerprint density at radius 3 is 3.14 bits per heavy atom. The number of nitrogens with one attached hydrogen (secondary N) is 1. The minimum atomic E-state index is 0.162. The van der Waals surface area contributed by atoms with Crippen LogP contribution in [0.15, 0.2) is 35.8 Å². The molecule has 2 rings (SSSR count). The van der Waals surface area contributed by atoms with Crippen molar-refractivity contribution in [2.45, 2.75) is 19.4 Å². The van der Waals surface area contributed by atoms with Crippen LogP contribution in [0.25, 0.3) is 0 Å². The fourth-order valence-corrected chi connectivity index (χ4v) is 1.52. The molecule has 0 fully saturated rings. The van der Waals surface area contributed by atoms with E-state index in [1.165, 1.54) is 5.56 Å². The molecule has 1 unspecified atom stereocenters. The summed E-state index contributed by atoms with van der Waals surface area (Å²) in [5.74, 6) is 0. The average molecular weight is 186 g/mol. The fraction of sp³-hybridized carbons (Fsp3) is 0.250. The zero-order valence-corrected chi connectivity index (χ0v) is 8.33. The van der Waals surface area contributed by atoms with Gasteiger partial charge in [0.1, 0.15) is 0 Å². The molecule has 0 amide bonds. The Hall–Kier alpha value is -1.57. The first-order valence-corrected chi connectivity index (χ1v) is 4.89. The highest BCUT2D eigenvalue weighted by atomic mass is 15.0. The van der Waals surface area contributed by atoms with Crippen molar-refractivity contribution in [3.63, 3.8) is 0 Å². The average Bonchev–Trinajstić information content (AvgIpc) is 2.27. The van der Waals surface area contributed by atoms with Crippen LogP contribution in [0.5, 0.6) is 0 Å². The Labute approximate surface area is 84.4 Å². The van der Waals surface area contributed by atoms with Gasteiger partial charge in [-0.2, -0.15) is 0 Å². The second-order valence-corrected chi connectivity index (χ2v) is 3.39. The highest BCUT2D eigenvalue weighted by Crippen LogP contribution is 2.29. The molecule has 2 nitrogen and oxygen atoms in total. The minimum absolute atomic E-state index is 0.162. The van der Waals surface area contributed by atoms with E-state index >= 15 is 0 Å². The lowest BCUT2D eigenvalue weighted by Crippen LogP contribution is -2.20. The van der Waals surface area contributed by atoms with Crippen molar-refractivity contribution in [2.24, 2.45) is 4.99 Å². The molecule has 2 heteroatoms. The van der Waals surface area contributed by atoms with Crippen molar-refractivity contribution in [1.82, 2.24) is 0 Å². The smallest absolute Gasteiger partial charge is 0.0861 e. The van der Waals surface area contributed by atoms with Crippen LogP contribution in [0.2, 0.25) is 0 Å². The maximum atomic E-state index is 4.40. The molecule has 0 aliphatic carbocycles. The molecule has 1 aromatic carbocycles. The van der Waals surface area contributed by atoms with Crippen molar-refractivity contribution in [3.05, 3.63) is 36.4 Å². The molecule has 1 N–H and O–H groups in total. The second-order valence-electron chi connectivity index (χ2n) is 3.39. The summed E-state index contributed by atoms with van der Waals surface area (Å²) in [6, 6.07) is 6.50. The van der Waals surface area contributed by atoms with Gasteiger partial charge in [-0.3, -0.25) is 4.99 Å². The maximum absolute atomic E-state index is 4.40. The normalized spacial score (nSPS) is 18.5. The third-order valence-electron chi connectivity index (χ3n) is 2.42. The molecule has 0 bridgehead atoms. The molecule has 0 spiro atoms. The van der Waals surface area contributed by atoms with Gasteiger partial charge < -0.3 is 5.32 Å². The summed E-state index contributed by atoms with van der Waals surface area (Å²) in [6.45, 7) is 5.88. The maximum Gasteiger partial charge on any atom is 0.0861 e. The van der Waals surface area contributed by atoms with Crippen LogP contribution in [0, 0.1) is 0 Å². The molecule has 1 aliphatic heterocycles. The summed E-state index contributed by atoms with van der Waals surface area (Å²) in [5, 5.41) is 3.33. The molecular weight excluding hydrogens is 172 g/mol. The monoisotopic (exact) mass is 186 g/mol. The van der Waals surface area contributed by atoms with Crippen LogP contribution in [0.1, 0.15) is 12.5 Å². The van der Waals surface area contributed by atoms with E-state index in [2.05, 4.69) is 42.0 Å². The summed E-state index contributed by atoms with van der Waals surface area (Å²) in [4.78, 5) is 4.40. The number of hydrogen-bond donors (Lipinski definition) is 1. The first kappa shape index (κ1) is 9.00. The molecule has 14 heavy (non-hydrogen) atoms. The summed E-state index contributed by atoms with van der Waals surface area (Å²) in [6.07, 6.45) is 4.78. The van der Waals surface area contributed by atoms with Crippen molar-refractivity contribution >= 4 is 17.6 Å². The standard InChI is InChI=1S/C12H14N2/c1-3-9-5-6-11-12(7-9)13-8-10(4-2)14-11/h4-8,10,14H,2-3H2,1H3. The van der Waals surface area contributed by atoms with Crippen LogP contribution in [0.3, 0.4) is 0 Å². The first-order valence-electron chi connectivity index (χ1n) is 4.89. The molecule has 1 atom stereocenters. The molecular formula is C12H14N2. The van der Waals surface area contributed by atoms with E-state index < -0.39 is 0 Å². The summed E-state index contributed by atoms with van der Waals surface area (Å²) in [5.41, 5.74) is 3.44. The minimum Gasteiger partial charge on any atom is -0.372 e. The largest absolute Gasteiger partial charge is 0.372 e. The predicted octanol–water partition coefficient (Wildman–Crippen LogP) is 2.93. The molecule has 0 radical (unpaired) electrons. The Balaban J connectivity index is 2.35. The summed E-state index contributed by atoms with van der Waals surface area (Å²) >= 11 is 0. The van der Waals surface area contributed by atoms with Crippen LogP contribution >= 0.6 is 0 Å². The summed E-state index contributed by atoms with van der Waals surface area (Å²) < 4.78 is 0. The molecule has 0 saturated heterocycles. The molecule has 1 aromatic rings. The van der Waals surface area contributed by atoms with Gasteiger partial charge in [-0.25, -0.2) is 0 Å². The van der Waals surface area contributed by atoms with Gasteiger partial charge in [-0.05, 0) is 24.1 Å². The highest BCUT2D eigenvalue weighted by Gasteiger charge is 2.10. The number of aliphatic imine (C=N–C) groups is 1. The number of benzene rings is 1. The van der Waals surface area contributed by atoms with E-state index in [-0.39, 0.29) is 6.04 Å². The number of rotatable bonds is 2. The second kappa shape index (κ2) is 3.66. The molecule has 0 saturated carbocycles. The quantitative estimate of drug-likeness (QED) is 0.705. The van der Waals surface area contributed by atoms with Gasteiger partial charge in [0.2, 0.25) is 0 Å². The number of fused-ring (bicyclic) bond motifs is 1. The van der Waals surface area contributed by atoms with Gasteiger partial charge in [0.05, 0.1) is 17.4 Å². The lowest BCUT2D eigenvalue weighted by atomic mass is 10.1. The van der Waals surface area contributed by atoms with E-state index in [0.29, 0.717) is 0 Å². The Morgan fingerprint density at radius 1 is 1.57 bits per heavy atom. The molecule has 1 aliphatic rings. The lowest BCUT2D eigenvalue weighted by molar-refractivity contribution is 1.12.